The van der Waals surface area contributed by atoms with E-state index >= 15 is 0 Å². The molecule has 9 nitrogen and oxygen atoms in total. The Morgan fingerprint density at radius 3 is 2.37 bits per heavy atom. The summed E-state index contributed by atoms with van der Waals surface area (Å²) in [6, 6.07) is 22.5. The summed E-state index contributed by atoms with van der Waals surface area (Å²) < 4.78 is 10.8. The van der Waals surface area contributed by atoms with E-state index in [-0.39, 0.29) is 24.6 Å². The van der Waals surface area contributed by atoms with Crippen LogP contribution < -0.4 is 15.4 Å². The zero-order valence-corrected chi connectivity index (χ0v) is 18.7. The molecule has 0 atom stereocenters. The number of carbonyl (C=O) groups excluding carboxylic acids is 4. The summed E-state index contributed by atoms with van der Waals surface area (Å²) >= 11 is 0. The summed E-state index contributed by atoms with van der Waals surface area (Å²) in [5, 5.41) is 5.10. The van der Waals surface area contributed by atoms with Crippen LogP contribution in [-0.2, 0) is 27.5 Å². The number of esters is 1. The highest BCUT2D eigenvalue weighted by Gasteiger charge is 2.28. The first kappa shape index (κ1) is 23.5. The van der Waals surface area contributed by atoms with Crippen LogP contribution in [0.3, 0.4) is 0 Å². The molecule has 0 aliphatic carbocycles. The second-order valence-electron chi connectivity index (χ2n) is 7.76. The van der Waals surface area contributed by atoms with Gasteiger partial charge in [-0.1, -0.05) is 42.5 Å². The molecule has 2 N–H and O–H groups in total. The fourth-order valence-electron chi connectivity index (χ4n) is 3.38. The SMILES string of the molecule is O=C(COC(=O)c1cccc(CN2C(=O)CNC2=O)c1)Nc1ccc(OCc2ccccc2)cc1. The fourth-order valence-corrected chi connectivity index (χ4v) is 3.38. The van der Waals surface area contributed by atoms with Crippen molar-refractivity contribution < 1.29 is 28.7 Å². The number of urea groups is 1. The van der Waals surface area contributed by atoms with Gasteiger partial charge in [0.2, 0.25) is 5.91 Å². The van der Waals surface area contributed by atoms with Crippen LogP contribution in [0.15, 0.2) is 78.9 Å². The standard InChI is InChI=1S/C26H23N3O6/c30-23(28-21-9-11-22(12-10-21)34-16-18-5-2-1-3-6-18)17-35-25(32)20-8-4-7-19(13-20)15-29-24(31)14-27-26(29)33/h1-13H,14-17H2,(H,27,33)(H,28,30). The zero-order valence-electron chi connectivity index (χ0n) is 18.7. The van der Waals surface area contributed by atoms with Crippen LogP contribution in [0.2, 0.25) is 0 Å². The minimum atomic E-state index is -0.691. The number of hydrogen-bond acceptors (Lipinski definition) is 6. The largest absolute Gasteiger partial charge is 0.489 e. The van der Waals surface area contributed by atoms with Gasteiger partial charge >= 0.3 is 12.0 Å². The van der Waals surface area contributed by atoms with E-state index in [0.29, 0.717) is 23.6 Å². The molecule has 0 radical (unpaired) electrons. The monoisotopic (exact) mass is 473 g/mol. The molecule has 4 amide bonds. The Kier molecular flexibility index (Phi) is 7.37. The lowest BCUT2D eigenvalue weighted by Gasteiger charge is -2.13. The van der Waals surface area contributed by atoms with Gasteiger partial charge in [-0.2, -0.15) is 0 Å². The summed E-state index contributed by atoms with van der Waals surface area (Å²) in [5.74, 6) is -0.864. The van der Waals surface area contributed by atoms with E-state index in [1.54, 1.807) is 36.4 Å². The Hall–Kier alpha value is -4.66. The van der Waals surface area contributed by atoms with Crippen LogP contribution in [-0.4, -0.2) is 41.9 Å². The van der Waals surface area contributed by atoms with Gasteiger partial charge < -0.3 is 20.1 Å². The molecule has 9 heteroatoms. The predicted molar refractivity (Wildman–Crippen MR) is 127 cm³/mol. The highest BCUT2D eigenvalue weighted by atomic mass is 16.5. The maximum absolute atomic E-state index is 12.4. The molecule has 4 rings (SSSR count). The van der Waals surface area contributed by atoms with Crippen molar-refractivity contribution in [1.82, 2.24) is 10.2 Å². The number of nitrogens with zero attached hydrogens (tertiary/aromatic N) is 1. The first-order valence-corrected chi connectivity index (χ1v) is 10.9. The molecule has 1 saturated heterocycles. The molecule has 1 fully saturated rings. The summed E-state index contributed by atoms with van der Waals surface area (Å²) in [6.45, 7) is -0.0377. The Labute approximate surface area is 201 Å². The Morgan fingerprint density at radius 2 is 1.66 bits per heavy atom. The van der Waals surface area contributed by atoms with Crippen LogP contribution in [0.1, 0.15) is 21.5 Å². The summed E-state index contributed by atoms with van der Waals surface area (Å²) in [7, 11) is 0. The molecule has 0 unspecified atom stereocenters. The minimum Gasteiger partial charge on any atom is -0.489 e. The van der Waals surface area contributed by atoms with E-state index in [1.807, 2.05) is 30.3 Å². The third kappa shape index (κ3) is 6.44. The molecule has 3 aromatic rings. The molecular weight excluding hydrogens is 450 g/mol. The summed E-state index contributed by atoms with van der Waals surface area (Å²) in [4.78, 5) is 49.1. The van der Waals surface area contributed by atoms with Crippen LogP contribution in [0.4, 0.5) is 10.5 Å². The van der Waals surface area contributed by atoms with Gasteiger partial charge in [0.15, 0.2) is 6.61 Å². The van der Waals surface area contributed by atoms with Crippen LogP contribution >= 0.6 is 0 Å². The van der Waals surface area contributed by atoms with Crippen molar-refractivity contribution in [3.05, 3.63) is 95.6 Å². The molecule has 35 heavy (non-hydrogen) atoms. The Morgan fingerprint density at radius 1 is 0.914 bits per heavy atom. The first-order valence-electron chi connectivity index (χ1n) is 10.9. The molecule has 0 bridgehead atoms. The van der Waals surface area contributed by atoms with E-state index in [1.165, 1.54) is 12.1 Å². The van der Waals surface area contributed by atoms with E-state index in [9.17, 15) is 19.2 Å². The van der Waals surface area contributed by atoms with Gasteiger partial charge in [-0.05, 0) is 47.5 Å². The van der Waals surface area contributed by atoms with E-state index in [0.717, 1.165) is 10.5 Å². The van der Waals surface area contributed by atoms with Gasteiger partial charge in [-0.15, -0.1) is 0 Å². The molecule has 1 aliphatic heterocycles. The summed E-state index contributed by atoms with van der Waals surface area (Å²) in [6.07, 6.45) is 0. The maximum atomic E-state index is 12.4. The second-order valence-corrected chi connectivity index (χ2v) is 7.76. The average Bonchev–Trinajstić information content (AvgIpc) is 3.20. The maximum Gasteiger partial charge on any atom is 0.338 e. The number of imide groups is 1. The quantitative estimate of drug-likeness (QED) is 0.365. The predicted octanol–water partition coefficient (Wildman–Crippen LogP) is 3.11. The average molecular weight is 473 g/mol. The summed E-state index contributed by atoms with van der Waals surface area (Å²) in [5.41, 5.74) is 2.38. The molecule has 178 valence electrons. The van der Waals surface area contributed by atoms with Crippen LogP contribution in [0.5, 0.6) is 5.75 Å². The minimum absolute atomic E-state index is 0.0390. The number of carbonyl (C=O) groups is 4. The molecule has 3 aromatic carbocycles. The number of ether oxygens (including phenoxy) is 2. The molecule has 0 saturated carbocycles. The molecule has 1 heterocycles. The van der Waals surface area contributed by atoms with Gasteiger partial charge in [0, 0.05) is 5.69 Å². The molecule has 0 aromatic heterocycles. The highest BCUT2D eigenvalue weighted by Crippen LogP contribution is 2.17. The van der Waals surface area contributed by atoms with E-state index in [4.69, 9.17) is 9.47 Å². The Bertz CT molecular complexity index is 1210. The Balaban J connectivity index is 1.24. The van der Waals surface area contributed by atoms with Crippen LogP contribution in [0.25, 0.3) is 0 Å². The van der Waals surface area contributed by atoms with Crippen molar-refractivity contribution in [2.45, 2.75) is 13.2 Å². The van der Waals surface area contributed by atoms with Crippen LogP contribution in [0, 0.1) is 0 Å². The molecule has 0 spiro atoms. The van der Waals surface area contributed by atoms with Crippen molar-refractivity contribution >= 4 is 29.5 Å². The number of nitrogens with one attached hydrogen (secondary N) is 2. The molecule has 1 aliphatic rings. The lowest BCUT2D eigenvalue weighted by molar-refractivity contribution is -0.125. The number of rotatable bonds is 9. The highest BCUT2D eigenvalue weighted by molar-refractivity contribution is 6.02. The van der Waals surface area contributed by atoms with Gasteiger partial charge in [-0.25, -0.2) is 9.59 Å². The van der Waals surface area contributed by atoms with Crippen molar-refractivity contribution in [2.24, 2.45) is 0 Å². The fraction of sp³-hybridized carbons (Fsp3) is 0.154. The number of hydrogen-bond donors (Lipinski definition) is 2. The third-order valence-corrected chi connectivity index (χ3v) is 5.16. The first-order chi connectivity index (χ1) is 17.0. The topological polar surface area (TPSA) is 114 Å². The lowest BCUT2D eigenvalue weighted by Crippen LogP contribution is -2.30. The number of anilines is 1. The van der Waals surface area contributed by atoms with Gasteiger partial charge in [-0.3, -0.25) is 14.5 Å². The molecular formula is C26H23N3O6. The van der Waals surface area contributed by atoms with Crippen molar-refractivity contribution in [3.63, 3.8) is 0 Å². The number of amides is 4. The van der Waals surface area contributed by atoms with Crippen molar-refractivity contribution in [3.8, 4) is 5.75 Å². The number of benzene rings is 3. The second kappa shape index (κ2) is 11.0. The van der Waals surface area contributed by atoms with Gasteiger partial charge in [0.1, 0.15) is 12.4 Å². The normalized spacial score (nSPS) is 12.7. The van der Waals surface area contributed by atoms with Gasteiger partial charge in [0.25, 0.3) is 5.91 Å². The van der Waals surface area contributed by atoms with Crippen molar-refractivity contribution in [2.75, 3.05) is 18.5 Å². The lowest BCUT2D eigenvalue weighted by atomic mass is 10.1. The van der Waals surface area contributed by atoms with Gasteiger partial charge in [0.05, 0.1) is 18.7 Å². The smallest absolute Gasteiger partial charge is 0.338 e. The third-order valence-electron chi connectivity index (χ3n) is 5.16. The van der Waals surface area contributed by atoms with E-state index < -0.39 is 24.5 Å². The zero-order chi connectivity index (χ0) is 24.6. The van der Waals surface area contributed by atoms with Crippen molar-refractivity contribution in [1.29, 1.82) is 0 Å². The van der Waals surface area contributed by atoms with E-state index in [2.05, 4.69) is 10.6 Å².